The summed E-state index contributed by atoms with van der Waals surface area (Å²) in [7, 11) is 1.74. The molecule has 0 aliphatic rings. The number of hydrogen-bond acceptors (Lipinski definition) is 4. The first-order valence-electron chi connectivity index (χ1n) is 7.32. The minimum atomic E-state index is -0.171. The minimum absolute atomic E-state index is 0.164. The Morgan fingerprint density at radius 3 is 2.70 bits per heavy atom. The molecule has 3 aromatic rings. The van der Waals surface area contributed by atoms with E-state index < -0.39 is 0 Å². The second-order valence-corrected chi connectivity index (χ2v) is 5.32. The fourth-order valence-corrected chi connectivity index (χ4v) is 2.50. The number of pyridine rings is 1. The van der Waals surface area contributed by atoms with Gasteiger partial charge in [-0.25, -0.2) is 9.67 Å². The highest BCUT2D eigenvalue weighted by molar-refractivity contribution is 5.92. The van der Waals surface area contributed by atoms with Crippen LogP contribution < -0.4 is 5.32 Å². The van der Waals surface area contributed by atoms with Crippen LogP contribution in [0, 0.1) is 6.92 Å². The third-order valence-corrected chi connectivity index (χ3v) is 3.78. The molecule has 0 bridgehead atoms. The standard InChI is InChI=1S/C16H18N6O/c1-11(20-16(23)14-7-9-18-21(14)3)13-10-19-22(12(13)2)15-6-4-5-8-17-15/h4-11H,1-3H3,(H,20,23)/t11-/m0/s1. The molecule has 3 aromatic heterocycles. The fraction of sp³-hybridized carbons (Fsp3) is 0.250. The van der Waals surface area contributed by atoms with Crippen LogP contribution in [0.25, 0.3) is 5.82 Å². The van der Waals surface area contributed by atoms with E-state index in [1.807, 2.05) is 32.0 Å². The number of carbonyl (C=O) groups is 1. The van der Waals surface area contributed by atoms with Gasteiger partial charge in [0.25, 0.3) is 5.91 Å². The molecule has 1 N–H and O–H groups in total. The number of nitrogens with one attached hydrogen (secondary N) is 1. The molecule has 1 atom stereocenters. The molecule has 1 amide bonds. The van der Waals surface area contributed by atoms with Crippen LogP contribution in [0.2, 0.25) is 0 Å². The minimum Gasteiger partial charge on any atom is -0.344 e. The van der Waals surface area contributed by atoms with Crippen molar-refractivity contribution < 1.29 is 4.79 Å². The van der Waals surface area contributed by atoms with E-state index in [4.69, 9.17) is 0 Å². The summed E-state index contributed by atoms with van der Waals surface area (Å²) in [4.78, 5) is 16.6. The summed E-state index contributed by atoms with van der Waals surface area (Å²) < 4.78 is 3.31. The van der Waals surface area contributed by atoms with E-state index >= 15 is 0 Å². The molecule has 3 rings (SSSR count). The number of hydrogen-bond donors (Lipinski definition) is 1. The van der Waals surface area contributed by atoms with Gasteiger partial charge in [0, 0.05) is 30.7 Å². The monoisotopic (exact) mass is 310 g/mol. The van der Waals surface area contributed by atoms with E-state index in [9.17, 15) is 4.79 Å². The van der Waals surface area contributed by atoms with Crippen LogP contribution in [-0.4, -0.2) is 30.5 Å². The van der Waals surface area contributed by atoms with E-state index in [-0.39, 0.29) is 11.9 Å². The number of amides is 1. The fourth-order valence-electron chi connectivity index (χ4n) is 2.50. The average Bonchev–Trinajstić information content (AvgIpc) is 3.14. The van der Waals surface area contributed by atoms with Gasteiger partial charge in [-0.05, 0) is 32.0 Å². The van der Waals surface area contributed by atoms with Crippen LogP contribution >= 0.6 is 0 Å². The lowest BCUT2D eigenvalue weighted by Crippen LogP contribution is -2.28. The number of nitrogens with zero attached hydrogens (tertiary/aromatic N) is 5. The molecule has 0 spiro atoms. The first kappa shape index (κ1) is 15.0. The highest BCUT2D eigenvalue weighted by atomic mass is 16.2. The third-order valence-electron chi connectivity index (χ3n) is 3.78. The molecule has 0 fully saturated rings. The van der Waals surface area contributed by atoms with Gasteiger partial charge < -0.3 is 5.32 Å². The van der Waals surface area contributed by atoms with E-state index in [0.717, 1.165) is 17.1 Å². The van der Waals surface area contributed by atoms with Gasteiger partial charge in [0.2, 0.25) is 0 Å². The van der Waals surface area contributed by atoms with Crippen LogP contribution in [0.3, 0.4) is 0 Å². The van der Waals surface area contributed by atoms with Crippen LogP contribution in [0.15, 0.2) is 42.9 Å². The Kier molecular flexibility index (Phi) is 3.92. The zero-order chi connectivity index (χ0) is 16.4. The molecule has 0 aliphatic heterocycles. The molecular weight excluding hydrogens is 292 g/mol. The van der Waals surface area contributed by atoms with Crippen molar-refractivity contribution in [3.8, 4) is 5.82 Å². The maximum absolute atomic E-state index is 12.3. The Balaban J connectivity index is 1.81. The topological polar surface area (TPSA) is 77.6 Å². The molecule has 0 unspecified atom stereocenters. The van der Waals surface area contributed by atoms with Gasteiger partial charge in [0.15, 0.2) is 5.82 Å². The molecule has 3 heterocycles. The summed E-state index contributed by atoms with van der Waals surface area (Å²) in [5, 5.41) is 11.4. The SMILES string of the molecule is Cc1c([C@H](C)NC(=O)c2ccnn2C)cnn1-c1ccccn1. The zero-order valence-corrected chi connectivity index (χ0v) is 13.3. The smallest absolute Gasteiger partial charge is 0.270 e. The predicted molar refractivity (Wildman–Crippen MR) is 85.2 cm³/mol. The van der Waals surface area contributed by atoms with Crippen molar-refractivity contribution in [1.82, 2.24) is 29.9 Å². The summed E-state index contributed by atoms with van der Waals surface area (Å²) >= 11 is 0. The van der Waals surface area contributed by atoms with Crippen molar-refractivity contribution in [2.75, 3.05) is 0 Å². The van der Waals surface area contributed by atoms with Crippen molar-refractivity contribution in [2.24, 2.45) is 7.05 Å². The summed E-state index contributed by atoms with van der Waals surface area (Å²) in [6.45, 7) is 3.89. The Labute approximate surface area is 134 Å². The zero-order valence-electron chi connectivity index (χ0n) is 13.3. The normalized spacial score (nSPS) is 12.1. The Morgan fingerprint density at radius 1 is 1.22 bits per heavy atom. The van der Waals surface area contributed by atoms with Gasteiger partial charge in [-0.15, -0.1) is 0 Å². The van der Waals surface area contributed by atoms with Crippen LogP contribution in [0.1, 0.15) is 34.7 Å². The Bertz CT molecular complexity index is 820. The van der Waals surface area contributed by atoms with Gasteiger partial charge in [-0.3, -0.25) is 9.48 Å². The lowest BCUT2D eigenvalue weighted by atomic mass is 10.1. The molecule has 23 heavy (non-hydrogen) atoms. The largest absolute Gasteiger partial charge is 0.344 e. The first-order valence-corrected chi connectivity index (χ1v) is 7.32. The number of aryl methyl sites for hydroxylation is 1. The maximum atomic E-state index is 12.3. The lowest BCUT2D eigenvalue weighted by molar-refractivity contribution is 0.0930. The maximum Gasteiger partial charge on any atom is 0.270 e. The quantitative estimate of drug-likeness (QED) is 0.797. The number of rotatable bonds is 4. The molecule has 0 aliphatic carbocycles. The van der Waals surface area contributed by atoms with Crippen LogP contribution in [0.4, 0.5) is 0 Å². The molecule has 118 valence electrons. The highest BCUT2D eigenvalue weighted by Gasteiger charge is 2.18. The van der Waals surface area contributed by atoms with Crippen molar-refractivity contribution in [3.05, 3.63) is 59.8 Å². The summed E-state index contributed by atoms with van der Waals surface area (Å²) in [6.07, 6.45) is 5.09. The third kappa shape index (κ3) is 2.85. The summed E-state index contributed by atoms with van der Waals surface area (Å²) in [5.41, 5.74) is 2.42. The lowest BCUT2D eigenvalue weighted by Gasteiger charge is -2.14. The molecule has 0 radical (unpaired) electrons. The molecule has 0 saturated carbocycles. The van der Waals surface area contributed by atoms with E-state index in [2.05, 4.69) is 20.5 Å². The van der Waals surface area contributed by atoms with Crippen molar-refractivity contribution in [3.63, 3.8) is 0 Å². The van der Waals surface area contributed by atoms with Crippen molar-refractivity contribution >= 4 is 5.91 Å². The molecule has 7 nitrogen and oxygen atoms in total. The Morgan fingerprint density at radius 2 is 2.04 bits per heavy atom. The van der Waals surface area contributed by atoms with Gasteiger partial charge in [0.1, 0.15) is 5.69 Å². The van der Waals surface area contributed by atoms with E-state index in [1.54, 1.807) is 41.1 Å². The van der Waals surface area contributed by atoms with Gasteiger partial charge >= 0.3 is 0 Å². The molecule has 0 saturated heterocycles. The average molecular weight is 310 g/mol. The second-order valence-electron chi connectivity index (χ2n) is 5.32. The molecule has 0 aromatic carbocycles. The number of carbonyl (C=O) groups excluding carboxylic acids is 1. The van der Waals surface area contributed by atoms with Gasteiger partial charge in [-0.1, -0.05) is 6.07 Å². The molecular formula is C16H18N6O. The van der Waals surface area contributed by atoms with Crippen molar-refractivity contribution in [2.45, 2.75) is 19.9 Å². The van der Waals surface area contributed by atoms with Gasteiger partial charge in [0.05, 0.1) is 12.2 Å². The van der Waals surface area contributed by atoms with E-state index in [1.165, 1.54) is 0 Å². The van der Waals surface area contributed by atoms with Crippen molar-refractivity contribution in [1.29, 1.82) is 0 Å². The predicted octanol–water partition coefficient (Wildman–Crippen LogP) is 1.80. The van der Waals surface area contributed by atoms with Crippen LogP contribution in [-0.2, 0) is 7.05 Å². The number of aromatic nitrogens is 5. The van der Waals surface area contributed by atoms with E-state index in [0.29, 0.717) is 5.69 Å². The summed E-state index contributed by atoms with van der Waals surface area (Å²) in [5.74, 6) is 0.587. The highest BCUT2D eigenvalue weighted by Crippen LogP contribution is 2.19. The Hall–Kier alpha value is -2.96. The van der Waals surface area contributed by atoms with Gasteiger partial charge in [-0.2, -0.15) is 10.2 Å². The molecule has 7 heteroatoms. The second kappa shape index (κ2) is 6.04. The van der Waals surface area contributed by atoms with Crippen LogP contribution in [0.5, 0.6) is 0 Å². The first-order chi connectivity index (χ1) is 11.1. The summed E-state index contributed by atoms with van der Waals surface area (Å²) in [6, 6.07) is 7.18.